The molecule has 2 aromatic carbocycles. The number of carbonyl (C=O) groups is 1. The molecule has 0 radical (unpaired) electrons. The van der Waals surface area contributed by atoms with Gasteiger partial charge in [-0.25, -0.2) is 8.42 Å². The van der Waals surface area contributed by atoms with Crippen LogP contribution in [0.2, 0.25) is 0 Å². The molecule has 2 rings (SSSR count). The first-order valence-electron chi connectivity index (χ1n) is 9.14. The average Bonchev–Trinajstić information content (AvgIpc) is 2.69. The topological polar surface area (TPSA) is 134 Å². The fourth-order valence-corrected chi connectivity index (χ4v) is 4.14. The summed E-state index contributed by atoms with van der Waals surface area (Å²) in [6.07, 6.45) is 1.45. The third-order valence-corrected chi connectivity index (χ3v) is 6.18. The molecule has 160 valence electrons. The van der Waals surface area contributed by atoms with E-state index in [9.17, 15) is 23.3 Å². The van der Waals surface area contributed by atoms with Crippen molar-refractivity contribution in [2.75, 3.05) is 23.8 Å². The van der Waals surface area contributed by atoms with E-state index in [2.05, 4.69) is 15.8 Å². The van der Waals surface area contributed by atoms with Crippen molar-refractivity contribution in [3.8, 4) is 0 Å². The molecule has 2 aromatic rings. The maximum Gasteiger partial charge on any atom is 0.295 e. The third kappa shape index (κ3) is 5.61. The van der Waals surface area contributed by atoms with E-state index in [1.807, 2.05) is 0 Å². The molecule has 0 aromatic heterocycles. The summed E-state index contributed by atoms with van der Waals surface area (Å²) in [6, 6.07) is 10.4. The highest BCUT2D eigenvalue weighted by Gasteiger charge is 2.25. The summed E-state index contributed by atoms with van der Waals surface area (Å²) in [6.45, 7) is 5.33. The second-order valence-electron chi connectivity index (χ2n) is 6.20. The van der Waals surface area contributed by atoms with Crippen molar-refractivity contribution in [1.29, 1.82) is 0 Å². The highest BCUT2D eigenvalue weighted by Crippen LogP contribution is 2.29. The fourth-order valence-electron chi connectivity index (χ4n) is 2.66. The Morgan fingerprint density at radius 1 is 1.17 bits per heavy atom. The molecule has 0 spiro atoms. The summed E-state index contributed by atoms with van der Waals surface area (Å²) in [4.78, 5) is 21.7. The van der Waals surface area contributed by atoms with Crippen molar-refractivity contribution in [3.63, 3.8) is 0 Å². The Labute approximate surface area is 174 Å². The predicted octanol–water partition coefficient (Wildman–Crippen LogP) is 3.03. The van der Waals surface area contributed by atoms with E-state index in [0.717, 1.165) is 6.07 Å². The minimum atomic E-state index is -3.82. The largest absolute Gasteiger partial charge is 0.326 e. The van der Waals surface area contributed by atoms with E-state index >= 15 is 0 Å². The van der Waals surface area contributed by atoms with Gasteiger partial charge in [0.15, 0.2) is 0 Å². The number of nitro groups is 1. The summed E-state index contributed by atoms with van der Waals surface area (Å²) >= 11 is 0. The lowest BCUT2D eigenvalue weighted by molar-refractivity contribution is -0.384. The molecular weight excluding hydrogens is 410 g/mol. The van der Waals surface area contributed by atoms with Crippen LogP contribution in [0.25, 0.3) is 0 Å². The van der Waals surface area contributed by atoms with Crippen LogP contribution in [0.5, 0.6) is 0 Å². The summed E-state index contributed by atoms with van der Waals surface area (Å²) in [7, 11) is -3.82. The fraction of sp³-hybridized carbons (Fsp3) is 0.263. The van der Waals surface area contributed by atoms with Gasteiger partial charge in [0.05, 0.1) is 16.0 Å². The van der Waals surface area contributed by atoms with Crippen molar-refractivity contribution in [1.82, 2.24) is 4.31 Å². The monoisotopic (exact) mass is 433 g/mol. The Kier molecular flexibility index (Phi) is 7.61. The smallest absolute Gasteiger partial charge is 0.295 e. The second kappa shape index (κ2) is 9.94. The molecule has 0 saturated heterocycles. The van der Waals surface area contributed by atoms with Crippen LogP contribution in [-0.4, -0.2) is 42.9 Å². The number of sulfonamides is 1. The van der Waals surface area contributed by atoms with Crippen molar-refractivity contribution in [2.24, 2.45) is 5.10 Å². The van der Waals surface area contributed by atoms with Gasteiger partial charge in [-0.2, -0.15) is 9.41 Å². The van der Waals surface area contributed by atoms with Crippen LogP contribution in [0, 0.1) is 10.1 Å². The minimum Gasteiger partial charge on any atom is -0.326 e. The van der Waals surface area contributed by atoms with Crippen molar-refractivity contribution in [2.45, 2.75) is 25.7 Å². The van der Waals surface area contributed by atoms with Gasteiger partial charge >= 0.3 is 0 Å². The first-order valence-corrected chi connectivity index (χ1v) is 10.6. The Bertz CT molecular complexity index is 1050. The average molecular weight is 433 g/mol. The van der Waals surface area contributed by atoms with E-state index in [1.165, 1.54) is 29.6 Å². The zero-order chi connectivity index (χ0) is 22.3. The summed E-state index contributed by atoms with van der Waals surface area (Å²) in [5, 5.41) is 18.1. The molecule has 11 heteroatoms. The molecule has 0 unspecified atom stereocenters. The van der Waals surface area contributed by atoms with Crippen molar-refractivity contribution >= 4 is 39.2 Å². The van der Waals surface area contributed by atoms with E-state index in [0.29, 0.717) is 11.3 Å². The highest BCUT2D eigenvalue weighted by molar-refractivity contribution is 7.89. The van der Waals surface area contributed by atoms with Gasteiger partial charge < -0.3 is 5.32 Å². The Hall–Kier alpha value is -3.31. The van der Waals surface area contributed by atoms with Gasteiger partial charge in [-0.1, -0.05) is 26.0 Å². The van der Waals surface area contributed by atoms with Crippen molar-refractivity contribution in [3.05, 3.63) is 58.1 Å². The number of anilines is 2. The van der Waals surface area contributed by atoms with Gasteiger partial charge in [-0.05, 0) is 29.8 Å². The Balaban J connectivity index is 2.23. The SMILES string of the molecule is CCN(CC)S(=O)(=O)c1ccc(NN=Cc2ccc(NC(C)=O)cc2)c([N+](=O)[O-])c1. The van der Waals surface area contributed by atoms with Gasteiger partial charge in [0.25, 0.3) is 5.69 Å². The molecular formula is C19H23N5O5S. The summed E-state index contributed by atoms with van der Waals surface area (Å²) in [5.74, 6) is -0.183. The summed E-state index contributed by atoms with van der Waals surface area (Å²) < 4.78 is 26.4. The number of hydrogen-bond donors (Lipinski definition) is 2. The number of nitrogens with one attached hydrogen (secondary N) is 2. The number of hydrazone groups is 1. The molecule has 0 atom stereocenters. The third-order valence-electron chi connectivity index (χ3n) is 4.14. The normalized spacial score (nSPS) is 11.6. The second-order valence-corrected chi connectivity index (χ2v) is 8.14. The van der Waals surface area contributed by atoms with Crippen molar-refractivity contribution < 1.29 is 18.1 Å². The number of nitrogens with zero attached hydrogens (tertiary/aromatic N) is 3. The van der Waals surface area contributed by atoms with Crippen LogP contribution in [0.4, 0.5) is 17.1 Å². The van der Waals surface area contributed by atoms with Gasteiger partial charge in [-0.3, -0.25) is 20.3 Å². The zero-order valence-electron chi connectivity index (χ0n) is 16.8. The molecule has 10 nitrogen and oxygen atoms in total. The van der Waals surface area contributed by atoms with Crippen LogP contribution in [0.1, 0.15) is 26.3 Å². The van der Waals surface area contributed by atoms with Crippen LogP contribution < -0.4 is 10.7 Å². The molecule has 0 bridgehead atoms. The molecule has 0 aliphatic carbocycles. The van der Waals surface area contributed by atoms with Gasteiger partial charge in [0.1, 0.15) is 5.69 Å². The molecule has 30 heavy (non-hydrogen) atoms. The molecule has 0 saturated carbocycles. The quantitative estimate of drug-likeness (QED) is 0.355. The molecule has 0 fully saturated rings. The highest BCUT2D eigenvalue weighted by atomic mass is 32.2. The summed E-state index contributed by atoms with van der Waals surface area (Å²) in [5.41, 5.74) is 3.56. The van der Waals surface area contributed by atoms with Gasteiger partial charge in [0.2, 0.25) is 15.9 Å². The molecule has 0 heterocycles. The van der Waals surface area contributed by atoms with Crippen LogP contribution in [-0.2, 0) is 14.8 Å². The van der Waals surface area contributed by atoms with E-state index in [1.54, 1.807) is 38.1 Å². The lowest BCUT2D eigenvalue weighted by atomic mass is 10.2. The molecule has 0 aliphatic rings. The number of nitro benzene ring substituents is 1. The van der Waals surface area contributed by atoms with Gasteiger partial charge in [-0.15, -0.1) is 0 Å². The molecule has 0 aliphatic heterocycles. The van der Waals surface area contributed by atoms with E-state index in [4.69, 9.17) is 0 Å². The van der Waals surface area contributed by atoms with Gasteiger partial charge in [0, 0.05) is 31.8 Å². The van der Waals surface area contributed by atoms with Crippen LogP contribution in [0.15, 0.2) is 52.5 Å². The minimum absolute atomic E-state index is 0.0598. The number of amides is 1. The Morgan fingerprint density at radius 2 is 1.80 bits per heavy atom. The van der Waals surface area contributed by atoms with Crippen LogP contribution >= 0.6 is 0 Å². The Morgan fingerprint density at radius 3 is 2.33 bits per heavy atom. The first-order chi connectivity index (χ1) is 14.2. The predicted molar refractivity (Wildman–Crippen MR) is 115 cm³/mol. The maximum absolute atomic E-state index is 12.6. The zero-order valence-corrected chi connectivity index (χ0v) is 17.6. The molecule has 1 amide bonds. The molecule has 2 N–H and O–H groups in total. The lowest BCUT2D eigenvalue weighted by Crippen LogP contribution is -2.30. The van der Waals surface area contributed by atoms with Crippen LogP contribution in [0.3, 0.4) is 0 Å². The maximum atomic E-state index is 12.6. The number of hydrogen-bond acceptors (Lipinski definition) is 7. The van der Waals surface area contributed by atoms with E-state index in [-0.39, 0.29) is 29.6 Å². The standard InChI is InChI=1S/C19H23N5O5S/c1-4-23(5-2)30(28,29)17-10-11-18(19(12-17)24(26)27)22-20-13-15-6-8-16(9-7-15)21-14(3)25/h6-13,22H,4-5H2,1-3H3,(H,21,25). The number of rotatable bonds is 9. The number of benzene rings is 2. The lowest BCUT2D eigenvalue weighted by Gasteiger charge is -2.18. The van der Waals surface area contributed by atoms with E-state index < -0.39 is 20.6 Å². The number of carbonyl (C=O) groups excluding carboxylic acids is 1. The first kappa shape index (κ1) is 23.0.